The average Bonchev–Trinajstić information content (AvgIpc) is 2.66. The van der Waals surface area contributed by atoms with Gasteiger partial charge in [-0.1, -0.05) is 0 Å². The number of carboxylic acid groups (broad SMARTS) is 2. The lowest BCUT2D eigenvalue weighted by Crippen LogP contribution is -2.26. The number of anilines is 1. The summed E-state index contributed by atoms with van der Waals surface area (Å²) in [5.74, 6) is -1.06. The number of nitrogens with zero attached hydrogens (tertiary/aromatic N) is 1. The van der Waals surface area contributed by atoms with Gasteiger partial charge < -0.3 is 15.9 Å². The number of hydrogen-bond donors (Lipinski definition) is 3. The van der Waals surface area contributed by atoms with E-state index in [-0.39, 0.29) is 23.2 Å². The molecule has 1 unspecified atom stereocenters. The van der Waals surface area contributed by atoms with Gasteiger partial charge in [-0.3, -0.25) is 4.90 Å². The Kier molecular flexibility index (Phi) is 2.27. The first kappa shape index (κ1) is 10.7. The number of carboxylic acids is 1. The molecule has 0 saturated carbocycles. The second-order valence-corrected chi connectivity index (χ2v) is 4.68. The molecule has 0 bridgehead atoms. The van der Waals surface area contributed by atoms with Gasteiger partial charge in [0.2, 0.25) is 0 Å². The lowest BCUT2D eigenvalue weighted by atomic mass is 10.1. The highest BCUT2D eigenvalue weighted by Gasteiger charge is 2.36. The molecule has 86 valence electrons. The van der Waals surface area contributed by atoms with E-state index in [0.29, 0.717) is 5.56 Å². The molecule has 0 fully saturated rings. The van der Waals surface area contributed by atoms with Crippen molar-refractivity contribution in [1.82, 2.24) is 4.90 Å². The molecule has 1 amide bonds. The monoisotopic (exact) mass is 242 g/mol. The zero-order valence-electron chi connectivity index (χ0n) is 8.43. The van der Waals surface area contributed by atoms with E-state index in [1.807, 2.05) is 0 Å². The Labute approximate surface area is 94.9 Å². The van der Waals surface area contributed by atoms with Crippen molar-refractivity contribution in [3.05, 3.63) is 15.3 Å². The van der Waals surface area contributed by atoms with Crippen LogP contribution in [0.5, 0.6) is 0 Å². The molecular formula is C9H10N2O4S. The van der Waals surface area contributed by atoms with Gasteiger partial charge in [-0.05, 0) is 6.92 Å². The molecule has 6 nitrogen and oxygen atoms in total. The molecule has 0 aromatic carbocycles. The largest absolute Gasteiger partial charge is 0.477 e. The first-order valence-electron chi connectivity index (χ1n) is 4.57. The van der Waals surface area contributed by atoms with Crippen molar-refractivity contribution in [3.8, 4) is 0 Å². The molecule has 1 aliphatic rings. The standard InChI is InChI=1S/C9H10N2O4S/c1-3-5-4(2-11(3)9(14)15)16-7(6(5)10)8(12)13/h3H,2,10H2,1H3,(H,12,13)(H,14,15). The maximum Gasteiger partial charge on any atom is 0.408 e. The van der Waals surface area contributed by atoms with E-state index in [1.165, 1.54) is 4.90 Å². The molecular weight excluding hydrogens is 232 g/mol. The van der Waals surface area contributed by atoms with Crippen molar-refractivity contribution in [2.24, 2.45) is 0 Å². The highest BCUT2D eigenvalue weighted by molar-refractivity contribution is 7.14. The number of hydrogen-bond acceptors (Lipinski definition) is 4. The molecule has 1 aliphatic heterocycles. The Morgan fingerprint density at radius 1 is 1.50 bits per heavy atom. The Balaban J connectivity index is 2.46. The second kappa shape index (κ2) is 3.38. The third kappa shape index (κ3) is 1.32. The predicted molar refractivity (Wildman–Crippen MR) is 57.7 cm³/mol. The van der Waals surface area contributed by atoms with E-state index in [1.54, 1.807) is 6.92 Å². The van der Waals surface area contributed by atoms with Crippen LogP contribution in [0.3, 0.4) is 0 Å². The summed E-state index contributed by atoms with van der Waals surface area (Å²) in [4.78, 5) is 23.8. The first-order chi connectivity index (χ1) is 7.43. The fraction of sp³-hybridized carbons (Fsp3) is 0.333. The van der Waals surface area contributed by atoms with E-state index >= 15 is 0 Å². The van der Waals surface area contributed by atoms with Crippen molar-refractivity contribution in [2.75, 3.05) is 5.73 Å². The van der Waals surface area contributed by atoms with Gasteiger partial charge in [0.25, 0.3) is 0 Å². The summed E-state index contributed by atoms with van der Waals surface area (Å²) in [6.07, 6.45) is -1.02. The molecule has 16 heavy (non-hydrogen) atoms. The van der Waals surface area contributed by atoms with Crippen molar-refractivity contribution in [1.29, 1.82) is 0 Å². The maximum atomic E-state index is 10.9. The van der Waals surface area contributed by atoms with E-state index in [9.17, 15) is 9.59 Å². The van der Waals surface area contributed by atoms with Gasteiger partial charge in [-0.25, -0.2) is 9.59 Å². The smallest absolute Gasteiger partial charge is 0.408 e. The molecule has 0 spiro atoms. The van der Waals surface area contributed by atoms with Crippen molar-refractivity contribution >= 4 is 29.1 Å². The minimum absolute atomic E-state index is 0.0990. The van der Waals surface area contributed by atoms with Crippen molar-refractivity contribution < 1.29 is 19.8 Å². The zero-order valence-corrected chi connectivity index (χ0v) is 9.24. The molecule has 4 N–H and O–H groups in total. The predicted octanol–water partition coefficient (Wildman–Crippen LogP) is 1.58. The van der Waals surface area contributed by atoms with Gasteiger partial charge in [-0.15, -0.1) is 11.3 Å². The number of amides is 1. The van der Waals surface area contributed by atoms with Crippen LogP contribution in [0.15, 0.2) is 0 Å². The van der Waals surface area contributed by atoms with E-state index < -0.39 is 12.1 Å². The molecule has 1 aromatic rings. The number of thiophene rings is 1. The van der Waals surface area contributed by atoms with Gasteiger partial charge in [0.1, 0.15) is 4.88 Å². The van der Waals surface area contributed by atoms with Crippen LogP contribution in [0.25, 0.3) is 0 Å². The van der Waals surface area contributed by atoms with E-state index in [4.69, 9.17) is 15.9 Å². The van der Waals surface area contributed by atoms with Gasteiger partial charge in [0.05, 0.1) is 18.3 Å². The molecule has 2 heterocycles. The Bertz CT molecular complexity index is 482. The molecule has 7 heteroatoms. The second-order valence-electron chi connectivity index (χ2n) is 3.57. The summed E-state index contributed by atoms with van der Waals surface area (Å²) < 4.78 is 0. The highest BCUT2D eigenvalue weighted by atomic mass is 32.1. The van der Waals surface area contributed by atoms with Crippen LogP contribution in [0, 0.1) is 0 Å². The first-order valence-corrected chi connectivity index (χ1v) is 5.39. The van der Waals surface area contributed by atoms with Gasteiger partial charge in [0, 0.05) is 10.4 Å². The number of carbonyl (C=O) groups is 2. The molecule has 1 atom stereocenters. The van der Waals surface area contributed by atoms with Crippen LogP contribution < -0.4 is 5.73 Å². The lowest BCUT2D eigenvalue weighted by Gasteiger charge is -2.18. The van der Waals surface area contributed by atoms with E-state index in [2.05, 4.69) is 0 Å². The summed E-state index contributed by atoms with van der Waals surface area (Å²) in [7, 11) is 0. The fourth-order valence-corrected chi connectivity index (χ4v) is 3.07. The summed E-state index contributed by atoms with van der Waals surface area (Å²) in [6, 6.07) is -0.378. The maximum absolute atomic E-state index is 10.9. The Morgan fingerprint density at radius 2 is 2.12 bits per heavy atom. The number of fused-ring (bicyclic) bond motifs is 1. The lowest BCUT2D eigenvalue weighted by molar-refractivity contribution is 0.0703. The fourth-order valence-electron chi connectivity index (χ4n) is 1.92. The zero-order chi connectivity index (χ0) is 12.0. The van der Waals surface area contributed by atoms with Crippen LogP contribution >= 0.6 is 11.3 Å². The quantitative estimate of drug-likeness (QED) is 0.693. The molecule has 0 saturated heterocycles. The summed E-state index contributed by atoms with van der Waals surface area (Å²) in [5, 5.41) is 17.8. The summed E-state index contributed by atoms with van der Waals surface area (Å²) in [5.41, 5.74) is 6.56. The third-order valence-electron chi connectivity index (χ3n) is 2.70. The molecule has 1 aromatic heterocycles. The number of aromatic carboxylic acids is 1. The van der Waals surface area contributed by atoms with Crippen LogP contribution in [0.2, 0.25) is 0 Å². The number of nitrogen functional groups attached to an aromatic ring is 1. The number of rotatable bonds is 1. The average molecular weight is 242 g/mol. The Morgan fingerprint density at radius 3 is 2.56 bits per heavy atom. The van der Waals surface area contributed by atoms with Gasteiger partial charge in [0.15, 0.2) is 0 Å². The van der Waals surface area contributed by atoms with Gasteiger partial charge >= 0.3 is 12.1 Å². The van der Waals surface area contributed by atoms with Crippen LogP contribution in [-0.4, -0.2) is 27.2 Å². The highest BCUT2D eigenvalue weighted by Crippen LogP contribution is 2.43. The molecule has 0 radical (unpaired) electrons. The normalized spacial score (nSPS) is 18.6. The minimum atomic E-state index is -1.06. The van der Waals surface area contributed by atoms with Crippen molar-refractivity contribution in [2.45, 2.75) is 19.5 Å². The number of nitrogens with two attached hydrogens (primary N) is 1. The molecule has 0 aliphatic carbocycles. The summed E-state index contributed by atoms with van der Waals surface area (Å²) in [6.45, 7) is 1.92. The molecule has 2 rings (SSSR count). The van der Waals surface area contributed by atoms with Crippen LogP contribution in [0.4, 0.5) is 10.5 Å². The van der Waals surface area contributed by atoms with E-state index in [0.717, 1.165) is 16.2 Å². The van der Waals surface area contributed by atoms with Crippen LogP contribution in [-0.2, 0) is 6.54 Å². The SMILES string of the molecule is CC1c2c(sc(C(=O)O)c2N)CN1C(=O)O. The van der Waals surface area contributed by atoms with Gasteiger partial charge in [-0.2, -0.15) is 0 Å². The summed E-state index contributed by atoms with van der Waals surface area (Å²) >= 11 is 1.05. The topological polar surface area (TPSA) is 104 Å². The third-order valence-corrected chi connectivity index (χ3v) is 3.89. The van der Waals surface area contributed by atoms with Crippen molar-refractivity contribution in [3.63, 3.8) is 0 Å². The van der Waals surface area contributed by atoms with Crippen LogP contribution in [0.1, 0.15) is 33.1 Å². The minimum Gasteiger partial charge on any atom is -0.477 e. The Hall–Kier alpha value is -1.76.